The molecule has 0 radical (unpaired) electrons. The molecule has 0 saturated carbocycles. The Bertz CT molecular complexity index is 142. The summed E-state index contributed by atoms with van der Waals surface area (Å²) in [7, 11) is 0. The van der Waals surface area contributed by atoms with E-state index in [0.717, 1.165) is 0 Å². The molecular formula is C9H18O2. The molecule has 1 saturated heterocycles. The minimum Gasteiger partial charge on any atom is -0.370 e. The third-order valence-corrected chi connectivity index (χ3v) is 2.55. The molecule has 2 nitrogen and oxygen atoms in total. The van der Waals surface area contributed by atoms with Gasteiger partial charge in [0, 0.05) is 0 Å². The fourth-order valence-electron chi connectivity index (χ4n) is 1.27. The van der Waals surface area contributed by atoms with Gasteiger partial charge < -0.3 is 9.47 Å². The van der Waals surface area contributed by atoms with Crippen molar-refractivity contribution in [1.82, 2.24) is 0 Å². The Hall–Kier alpha value is -0.0800. The molecule has 11 heavy (non-hydrogen) atoms. The van der Waals surface area contributed by atoms with Crippen LogP contribution in [-0.2, 0) is 9.47 Å². The van der Waals surface area contributed by atoms with Crippen LogP contribution in [0, 0.1) is 0 Å². The summed E-state index contributed by atoms with van der Waals surface area (Å²) >= 11 is 0. The lowest BCUT2D eigenvalue weighted by molar-refractivity contribution is -0.242. The highest BCUT2D eigenvalue weighted by atomic mass is 16.6. The van der Waals surface area contributed by atoms with Gasteiger partial charge in [-0.2, -0.15) is 0 Å². The second-order valence-corrected chi connectivity index (χ2v) is 3.91. The van der Waals surface area contributed by atoms with Crippen LogP contribution in [-0.4, -0.2) is 23.9 Å². The molecule has 1 aliphatic heterocycles. The van der Waals surface area contributed by atoms with Crippen molar-refractivity contribution in [3.63, 3.8) is 0 Å². The number of rotatable bonds is 0. The predicted octanol–water partition coefficient (Wildman–Crippen LogP) is 1.98. The second kappa shape index (κ2) is 2.76. The van der Waals surface area contributed by atoms with E-state index in [4.69, 9.17) is 9.47 Å². The second-order valence-electron chi connectivity index (χ2n) is 3.91. The molecule has 0 N–H and O–H groups in total. The van der Waals surface area contributed by atoms with Gasteiger partial charge in [0.1, 0.15) is 0 Å². The van der Waals surface area contributed by atoms with E-state index in [-0.39, 0.29) is 23.9 Å². The molecule has 2 heteroatoms. The normalized spacial score (nSPS) is 43.9. The van der Waals surface area contributed by atoms with Crippen LogP contribution < -0.4 is 0 Å². The summed E-state index contributed by atoms with van der Waals surface area (Å²) < 4.78 is 11.5. The molecule has 0 aromatic rings. The van der Waals surface area contributed by atoms with Crippen LogP contribution in [0.1, 0.15) is 34.6 Å². The van der Waals surface area contributed by atoms with Crippen molar-refractivity contribution < 1.29 is 9.47 Å². The first-order valence-electron chi connectivity index (χ1n) is 4.27. The molecule has 3 atom stereocenters. The van der Waals surface area contributed by atoms with Crippen molar-refractivity contribution in [3.8, 4) is 0 Å². The Kier molecular flexibility index (Phi) is 2.26. The summed E-state index contributed by atoms with van der Waals surface area (Å²) in [4.78, 5) is 0. The lowest BCUT2D eigenvalue weighted by atomic mass is 9.99. The monoisotopic (exact) mass is 158 g/mol. The number of hydrogen-bond acceptors (Lipinski definition) is 2. The topological polar surface area (TPSA) is 18.5 Å². The highest BCUT2D eigenvalue weighted by molar-refractivity contribution is 4.84. The molecule has 0 aliphatic carbocycles. The van der Waals surface area contributed by atoms with Crippen LogP contribution >= 0.6 is 0 Å². The van der Waals surface area contributed by atoms with Gasteiger partial charge in [0.05, 0.1) is 23.9 Å². The third kappa shape index (κ3) is 1.74. The number of ether oxygens (including phenoxy) is 2. The summed E-state index contributed by atoms with van der Waals surface area (Å²) in [6, 6.07) is 0. The maximum absolute atomic E-state index is 5.77. The third-order valence-electron chi connectivity index (χ3n) is 2.55. The summed E-state index contributed by atoms with van der Waals surface area (Å²) in [5.41, 5.74) is -0.133. The van der Waals surface area contributed by atoms with Crippen LogP contribution in [0.25, 0.3) is 0 Å². The van der Waals surface area contributed by atoms with E-state index in [2.05, 4.69) is 34.6 Å². The van der Waals surface area contributed by atoms with Crippen LogP contribution in [0.2, 0.25) is 0 Å². The van der Waals surface area contributed by atoms with Crippen molar-refractivity contribution >= 4 is 0 Å². The van der Waals surface area contributed by atoms with Gasteiger partial charge in [-0.1, -0.05) is 0 Å². The molecule has 0 spiro atoms. The fourth-order valence-corrected chi connectivity index (χ4v) is 1.27. The molecule has 1 rings (SSSR count). The van der Waals surface area contributed by atoms with E-state index >= 15 is 0 Å². The van der Waals surface area contributed by atoms with E-state index in [9.17, 15) is 0 Å². The molecule has 0 aromatic carbocycles. The minimum atomic E-state index is -0.133. The van der Waals surface area contributed by atoms with Crippen molar-refractivity contribution in [3.05, 3.63) is 0 Å². The van der Waals surface area contributed by atoms with Crippen LogP contribution in [0.5, 0.6) is 0 Å². The lowest BCUT2D eigenvalue weighted by Crippen LogP contribution is -2.51. The van der Waals surface area contributed by atoms with Gasteiger partial charge in [-0.3, -0.25) is 0 Å². The van der Waals surface area contributed by atoms with Crippen LogP contribution in [0.4, 0.5) is 0 Å². The molecule has 66 valence electrons. The lowest BCUT2D eigenvalue weighted by Gasteiger charge is -2.43. The molecule has 1 aliphatic rings. The molecule has 0 bridgehead atoms. The Morgan fingerprint density at radius 2 is 1.55 bits per heavy atom. The fraction of sp³-hybridized carbons (Fsp3) is 1.00. The van der Waals surface area contributed by atoms with Gasteiger partial charge in [-0.15, -0.1) is 0 Å². The maximum Gasteiger partial charge on any atom is 0.0889 e. The summed E-state index contributed by atoms with van der Waals surface area (Å²) in [5.74, 6) is 0. The SMILES string of the molecule is CC1OC(C)C(C)(C)OC1C. The minimum absolute atomic E-state index is 0.133. The summed E-state index contributed by atoms with van der Waals surface area (Å²) in [6.45, 7) is 10.3. The van der Waals surface area contributed by atoms with E-state index in [1.54, 1.807) is 0 Å². The van der Waals surface area contributed by atoms with E-state index in [1.165, 1.54) is 0 Å². The van der Waals surface area contributed by atoms with Gasteiger partial charge >= 0.3 is 0 Å². The molecule has 3 unspecified atom stereocenters. The van der Waals surface area contributed by atoms with Gasteiger partial charge in [-0.05, 0) is 34.6 Å². The average Bonchev–Trinajstić information content (AvgIpc) is 1.83. The first-order chi connectivity index (χ1) is 4.93. The quantitative estimate of drug-likeness (QED) is 0.536. The zero-order valence-corrected chi connectivity index (χ0v) is 8.05. The molecule has 0 aromatic heterocycles. The maximum atomic E-state index is 5.77. The van der Waals surface area contributed by atoms with Crippen LogP contribution in [0.3, 0.4) is 0 Å². The van der Waals surface area contributed by atoms with Gasteiger partial charge in [0.2, 0.25) is 0 Å². The highest BCUT2D eigenvalue weighted by Gasteiger charge is 2.37. The van der Waals surface area contributed by atoms with Gasteiger partial charge in [-0.25, -0.2) is 0 Å². The van der Waals surface area contributed by atoms with Crippen molar-refractivity contribution in [2.75, 3.05) is 0 Å². The Balaban J connectivity index is 2.63. The molecule has 1 heterocycles. The van der Waals surface area contributed by atoms with Gasteiger partial charge in [0.25, 0.3) is 0 Å². The summed E-state index contributed by atoms with van der Waals surface area (Å²) in [5, 5.41) is 0. The molecule has 1 fully saturated rings. The molecule has 0 amide bonds. The first-order valence-corrected chi connectivity index (χ1v) is 4.27. The Labute approximate surface area is 68.9 Å². The Morgan fingerprint density at radius 1 is 1.00 bits per heavy atom. The number of hydrogen-bond donors (Lipinski definition) is 0. The molecular weight excluding hydrogens is 140 g/mol. The van der Waals surface area contributed by atoms with Crippen molar-refractivity contribution in [2.24, 2.45) is 0 Å². The first kappa shape index (κ1) is 9.01. The smallest absolute Gasteiger partial charge is 0.0889 e. The van der Waals surface area contributed by atoms with E-state index < -0.39 is 0 Å². The zero-order valence-electron chi connectivity index (χ0n) is 8.05. The van der Waals surface area contributed by atoms with Crippen molar-refractivity contribution in [2.45, 2.75) is 58.5 Å². The Morgan fingerprint density at radius 3 is 2.00 bits per heavy atom. The van der Waals surface area contributed by atoms with E-state index in [0.29, 0.717) is 0 Å². The highest BCUT2D eigenvalue weighted by Crippen LogP contribution is 2.28. The van der Waals surface area contributed by atoms with Crippen molar-refractivity contribution in [1.29, 1.82) is 0 Å². The summed E-state index contributed by atoms with van der Waals surface area (Å²) in [6.07, 6.45) is 0.618. The van der Waals surface area contributed by atoms with Gasteiger partial charge in [0.15, 0.2) is 0 Å². The standard InChI is InChI=1S/C9H18O2/c1-6-7(2)11-9(4,5)8(3)10-6/h6-8H,1-5H3. The predicted molar refractivity (Wildman–Crippen MR) is 44.6 cm³/mol. The zero-order chi connectivity index (χ0) is 8.65. The van der Waals surface area contributed by atoms with Crippen LogP contribution in [0.15, 0.2) is 0 Å². The van der Waals surface area contributed by atoms with E-state index in [1.807, 2.05) is 0 Å². The largest absolute Gasteiger partial charge is 0.370 e. The average molecular weight is 158 g/mol.